The lowest BCUT2D eigenvalue weighted by Crippen LogP contribution is -2.12. The third kappa shape index (κ3) is 3.40. The van der Waals surface area contributed by atoms with Gasteiger partial charge in [-0.25, -0.2) is 4.39 Å². The monoisotopic (exact) mass is 437 g/mol. The van der Waals surface area contributed by atoms with E-state index in [4.69, 9.17) is 3.07 Å². The Morgan fingerprint density at radius 1 is 1.25 bits per heavy atom. The van der Waals surface area contributed by atoms with Crippen molar-refractivity contribution in [1.29, 1.82) is 0 Å². The van der Waals surface area contributed by atoms with Crippen molar-refractivity contribution in [3.05, 3.63) is 66.1 Å². The van der Waals surface area contributed by atoms with Gasteiger partial charge in [0.1, 0.15) is 11.6 Å². The second kappa shape index (κ2) is 7.00. The molecule has 0 fully saturated rings. The Kier molecular flexibility index (Phi) is 4.79. The summed E-state index contributed by atoms with van der Waals surface area (Å²) in [4.78, 5) is 12.3. The molecule has 0 aliphatic rings. The molecule has 0 saturated heterocycles. The summed E-state index contributed by atoms with van der Waals surface area (Å²) in [6, 6.07) is 12.7. The maximum absolute atomic E-state index is 13.3. The average molecular weight is 437 g/mol. The molecule has 1 heterocycles. The van der Waals surface area contributed by atoms with Gasteiger partial charge in [-0.05, 0) is 42.5 Å². The predicted octanol–water partition coefficient (Wildman–Crippen LogP) is 4.21. The Bertz CT molecular complexity index is 895. The summed E-state index contributed by atoms with van der Waals surface area (Å²) < 4.78 is 20.3. The van der Waals surface area contributed by atoms with Crippen molar-refractivity contribution < 1.29 is 12.3 Å². The summed E-state index contributed by atoms with van der Waals surface area (Å²) >= 11 is 1.81. The van der Waals surface area contributed by atoms with Gasteiger partial charge in [0.05, 0.1) is 5.69 Å². The molecule has 0 spiro atoms. The number of carbonyl (C=O) groups excluding carboxylic acids is 1. The Morgan fingerprint density at radius 2 is 2.08 bits per heavy atom. The van der Waals surface area contributed by atoms with Gasteiger partial charge >= 0.3 is 0 Å². The van der Waals surface area contributed by atoms with E-state index in [0.29, 0.717) is 11.4 Å². The van der Waals surface area contributed by atoms with Crippen LogP contribution in [0.1, 0.15) is 10.4 Å². The van der Waals surface area contributed by atoms with Crippen molar-refractivity contribution in [1.82, 2.24) is 9.78 Å². The summed E-state index contributed by atoms with van der Waals surface area (Å²) in [7, 11) is 1.82. The molecule has 0 aliphatic heterocycles. The van der Waals surface area contributed by atoms with Crippen molar-refractivity contribution in [2.45, 2.75) is 0 Å². The minimum atomic E-state index is -0.452. The van der Waals surface area contributed by atoms with Crippen molar-refractivity contribution in [2.75, 3.05) is 5.32 Å². The van der Waals surface area contributed by atoms with Crippen LogP contribution in [0.15, 0.2) is 54.7 Å². The molecule has 122 valence electrons. The zero-order valence-electron chi connectivity index (χ0n) is 12.7. The SMILES string of the molecule is Cn1nccc1-c1cc(NC(=O)c2cccc(F)c2)ccc1OI. The molecule has 7 heteroatoms. The molecule has 1 aromatic heterocycles. The maximum atomic E-state index is 13.3. The van der Waals surface area contributed by atoms with Gasteiger partial charge in [0.25, 0.3) is 5.91 Å². The maximum Gasteiger partial charge on any atom is 0.255 e. The standard InChI is InChI=1S/C17H13FIN3O2/c1-22-15(7-8-20-22)14-10-13(5-6-16(14)24-19)21-17(23)11-3-2-4-12(18)9-11/h2-10H,1H3,(H,21,23). The van der Waals surface area contributed by atoms with Crippen molar-refractivity contribution in [3.63, 3.8) is 0 Å². The van der Waals surface area contributed by atoms with E-state index >= 15 is 0 Å². The van der Waals surface area contributed by atoms with Gasteiger partial charge in [-0.3, -0.25) is 9.48 Å². The Labute approximate surface area is 152 Å². The first-order valence-electron chi connectivity index (χ1n) is 7.06. The summed E-state index contributed by atoms with van der Waals surface area (Å²) in [5, 5.41) is 6.91. The Morgan fingerprint density at radius 3 is 2.75 bits per heavy atom. The zero-order chi connectivity index (χ0) is 17.1. The fourth-order valence-corrected chi connectivity index (χ4v) is 2.73. The van der Waals surface area contributed by atoms with Gasteiger partial charge in [-0.1, -0.05) is 6.07 Å². The third-order valence-corrected chi connectivity index (χ3v) is 3.98. The number of hydrogen-bond acceptors (Lipinski definition) is 3. The molecule has 3 rings (SSSR count). The number of rotatable bonds is 4. The van der Waals surface area contributed by atoms with Crippen LogP contribution in [0.2, 0.25) is 0 Å². The van der Waals surface area contributed by atoms with Crippen molar-refractivity contribution in [2.24, 2.45) is 7.05 Å². The molecule has 3 aromatic rings. The third-order valence-electron chi connectivity index (χ3n) is 3.50. The van der Waals surface area contributed by atoms with Crippen LogP contribution in [-0.4, -0.2) is 15.7 Å². The minimum Gasteiger partial charge on any atom is -0.427 e. The van der Waals surface area contributed by atoms with Gasteiger partial charge < -0.3 is 8.38 Å². The van der Waals surface area contributed by atoms with Crippen LogP contribution in [0.5, 0.6) is 5.75 Å². The van der Waals surface area contributed by atoms with Crippen LogP contribution in [0.4, 0.5) is 10.1 Å². The van der Waals surface area contributed by atoms with E-state index in [1.165, 1.54) is 18.2 Å². The molecule has 2 aromatic carbocycles. The summed E-state index contributed by atoms with van der Waals surface area (Å²) in [5.41, 5.74) is 2.48. The van der Waals surface area contributed by atoms with E-state index < -0.39 is 5.82 Å². The molecular weight excluding hydrogens is 424 g/mol. The van der Waals surface area contributed by atoms with Crippen LogP contribution in [0.3, 0.4) is 0 Å². The van der Waals surface area contributed by atoms with E-state index in [1.807, 2.05) is 13.1 Å². The minimum absolute atomic E-state index is 0.256. The van der Waals surface area contributed by atoms with Gasteiger partial charge in [-0.15, -0.1) is 0 Å². The predicted molar refractivity (Wildman–Crippen MR) is 97.6 cm³/mol. The average Bonchev–Trinajstić information content (AvgIpc) is 3.00. The zero-order valence-corrected chi connectivity index (χ0v) is 14.8. The normalized spacial score (nSPS) is 10.5. The van der Waals surface area contributed by atoms with Crippen LogP contribution >= 0.6 is 23.0 Å². The first-order valence-corrected chi connectivity index (χ1v) is 7.94. The molecule has 0 unspecified atom stereocenters. The molecule has 1 amide bonds. The first-order chi connectivity index (χ1) is 11.6. The number of nitrogens with zero attached hydrogens (tertiary/aromatic N) is 2. The highest BCUT2D eigenvalue weighted by Crippen LogP contribution is 2.33. The highest BCUT2D eigenvalue weighted by Gasteiger charge is 2.13. The Hall–Kier alpha value is -2.42. The number of anilines is 1. The molecule has 0 radical (unpaired) electrons. The van der Waals surface area contributed by atoms with E-state index in [9.17, 15) is 9.18 Å². The summed E-state index contributed by atoms with van der Waals surface area (Å²) in [6.07, 6.45) is 1.68. The molecule has 0 aliphatic carbocycles. The second-order valence-corrected chi connectivity index (χ2v) is 5.53. The lowest BCUT2D eigenvalue weighted by Gasteiger charge is -2.11. The highest BCUT2D eigenvalue weighted by atomic mass is 127. The van der Waals surface area contributed by atoms with Crippen LogP contribution in [0.25, 0.3) is 11.3 Å². The van der Waals surface area contributed by atoms with Gasteiger partial charge in [0.15, 0.2) is 23.0 Å². The molecule has 0 atom stereocenters. The molecule has 5 nitrogen and oxygen atoms in total. The van der Waals surface area contributed by atoms with E-state index in [0.717, 1.165) is 11.3 Å². The summed E-state index contributed by atoms with van der Waals surface area (Å²) in [6.45, 7) is 0. The lowest BCUT2D eigenvalue weighted by molar-refractivity contribution is 0.102. The number of amides is 1. The number of halogens is 2. The topological polar surface area (TPSA) is 56.2 Å². The fraction of sp³-hybridized carbons (Fsp3) is 0.0588. The van der Waals surface area contributed by atoms with Gasteiger partial charge in [0.2, 0.25) is 0 Å². The fourth-order valence-electron chi connectivity index (χ4n) is 2.35. The number of hydrogen-bond donors (Lipinski definition) is 1. The van der Waals surface area contributed by atoms with Crippen molar-refractivity contribution in [3.8, 4) is 17.0 Å². The molecule has 0 bridgehead atoms. The van der Waals surface area contributed by atoms with Crippen LogP contribution in [0, 0.1) is 5.82 Å². The molecular formula is C17H13FIN3O2. The lowest BCUT2D eigenvalue weighted by atomic mass is 10.1. The van der Waals surface area contributed by atoms with E-state index in [-0.39, 0.29) is 11.5 Å². The highest BCUT2D eigenvalue weighted by molar-refractivity contribution is 14.1. The Balaban J connectivity index is 1.92. The molecule has 1 N–H and O–H groups in total. The van der Waals surface area contributed by atoms with E-state index in [1.54, 1.807) is 58.1 Å². The molecule has 24 heavy (non-hydrogen) atoms. The number of aryl methyl sites for hydroxylation is 1. The second-order valence-electron chi connectivity index (χ2n) is 5.09. The van der Waals surface area contributed by atoms with Crippen molar-refractivity contribution >= 4 is 34.6 Å². The molecule has 0 saturated carbocycles. The quantitative estimate of drug-likeness (QED) is 0.623. The number of nitrogens with one attached hydrogen (secondary N) is 1. The van der Waals surface area contributed by atoms with Gasteiger partial charge in [-0.2, -0.15) is 5.10 Å². The smallest absolute Gasteiger partial charge is 0.255 e. The van der Waals surface area contributed by atoms with Crippen LogP contribution < -0.4 is 8.38 Å². The number of benzene rings is 2. The summed E-state index contributed by atoms with van der Waals surface area (Å²) in [5.74, 6) is -0.177. The van der Waals surface area contributed by atoms with Crippen LogP contribution in [-0.2, 0) is 7.05 Å². The first kappa shape index (κ1) is 16.4. The number of carbonyl (C=O) groups is 1. The number of aromatic nitrogens is 2. The largest absolute Gasteiger partial charge is 0.427 e. The van der Waals surface area contributed by atoms with E-state index in [2.05, 4.69) is 10.4 Å². The van der Waals surface area contributed by atoms with Gasteiger partial charge in [0, 0.05) is 30.1 Å².